The molecule has 0 bridgehead atoms. The number of hydrogen-bond donors (Lipinski definition) is 1. The van der Waals surface area contributed by atoms with E-state index in [-0.39, 0.29) is 0 Å². The van der Waals surface area contributed by atoms with Gasteiger partial charge >= 0.3 is 0 Å². The second-order valence-corrected chi connectivity index (χ2v) is 6.30. The van der Waals surface area contributed by atoms with Crippen molar-refractivity contribution in [3.05, 3.63) is 35.5 Å². The molecule has 3 aromatic heterocycles. The van der Waals surface area contributed by atoms with Crippen LogP contribution in [0.25, 0.3) is 0 Å². The van der Waals surface area contributed by atoms with Crippen LogP contribution in [-0.4, -0.2) is 41.9 Å². The van der Waals surface area contributed by atoms with Crippen LogP contribution in [0.5, 0.6) is 5.88 Å². The predicted molar refractivity (Wildman–Crippen MR) is 91.2 cm³/mol. The summed E-state index contributed by atoms with van der Waals surface area (Å²) < 4.78 is 7.14. The monoisotopic (exact) mass is 360 g/mol. The van der Waals surface area contributed by atoms with Crippen molar-refractivity contribution < 1.29 is 4.74 Å². The fourth-order valence-corrected chi connectivity index (χ4v) is 3.12. The minimum atomic E-state index is 0.331. The lowest BCUT2D eigenvalue weighted by Crippen LogP contribution is -2.31. The molecule has 0 aromatic carbocycles. The number of methoxy groups -OCH3 is 1. The molecule has 10 heteroatoms. The third kappa shape index (κ3) is 2.91. The van der Waals surface area contributed by atoms with Gasteiger partial charge < -0.3 is 10.1 Å². The first-order valence-corrected chi connectivity index (χ1v) is 8.27. The number of hydrogen-bond acceptors (Lipinski definition) is 7. The van der Waals surface area contributed by atoms with Gasteiger partial charge in [0.15, 0.2) is 0 Å². The Balaban J connectivity index is 1.47. The van der Waals surface area contributed by atoms with Crippen LogP contribution < -0.4 is 10.1 Å². The van der Waals surface area contributed by atoms with Gasteiger partial charge in [-0.2, -0.15) is 25.1 Å². The van der Waals surface area contributed by atoms with E-state index in [2.05, 4.69) is 30.6 Å². The van der Waals surface area contributed by atoms with Gasteiger partial charge in [0.1, 0.15) is 5.02 Å². The van der Waals surface area contributed by atoms with E-state index < -0.39 is 0 Å². The van der Waals surface area contributed by atoms with E-state index in [4.69, 9.17) is 16.3 Å². The van der Waals surface area contributed by atoms with E-state index in [0.29, 0.717) is 28.9 Å². The zero-order valence-corrected chi connectivity index (χ0v) is 14.6. The summed E-state index contributed by atoms with van der Waals surface area (Å²) in [7, 11) is 1.52. The first-order chi connectivity index (χ1) is 12.2. The fraction of sp³-hybridized carbons (Fsp3) is 0.400. The molecule has 0 amide bonds. The van der Waals surface area contributed by atoms with Gasteiger partial charge in [-0.1, -0.05) is 11.6 Å². The summed E-state index contributed by atoms with van der Waals surface area (Å²) >= 11 is 5.95. The Bertz CT molecular complexity index is 872. The largest absolute Gasteiger partial charge is 0.480 e. The topological polar surface area (TPSA) is 95.6 Å². The smallest absolute Gasteiger partial charge is 0.237 e. The SMILES string of the molecule is COc1nc(Nc2cnn([C@H]3C[C@H](n4nccn4)C3)c2C)ncc1Cl. The number of nitrogens with zero attached hydrogens (tertiary/aromatic N) is 7. The van der Waals surface area contributed by atoms with E-state index in [1.807, 2.05) is 11.6 Å². The van der Waals surface area contributed by atoms with Gasteiger partial charge in [-0.15, -0.1) is 0 Å². The van der Waals surface area contributed by atoms with E-state index in [1.165, 1.54) is 13.3 Å². The highest BCUT2D eigenvalue weighted by atomic mass is 35.5. The molecule has 130 valence electrons. The Hall–Kier alpha value is -2.68. The standard InChI is InChI=1S/C15H17ClN8O/c1-9-13(21-15-17-7-12(16)14(22-15)25-2)8-20-23(9)10-5-11(6-10)24-18-3-4-19-24/h3-4,7-8,10-11H,5-6H2,1-2H3,(H,17,21,22)/t10-,11-. The van der Waals surface area contributed by atoms with Crippen LogP contribution in [0, 0.1) is 6.92 Å². The van der Waals surface area contributed by atoms with Crippen LogP contribution in [0.3, 0.4) is 0 Å². The Morgan fingerprint density at radius 2 is 1.92 bits per heavy atom. The summed E-state index contributed by atoms with van der Waals surface area (Å²) in [6.07, 6.45) is 8.61. The van der Waals surface area contributed by atoms with Gasteiger partial charge in [0.25, 0.3) is 0 Å². The van der Waals surface area contributed by atoms with Crippen molar-refractivity contribution >= 4 is 23.2 Å². The molecule has 1 N–H and O–H groups in total. The molecule has 1 fully saturated rings. The quantitative estimate of drug-likeness (QED) is 0.746. The lowest BCUT2D eigenvalue weighted by molar-refractivity contribution is 0.158. The summed E-state index contributed by atoms with van der Waals surface area (Å²) in [5.74, 6) is 0.744. The summed E-state index contributed by atoms with van der Waals surface area (Å²) in [5.41, 5.74) is 1.87. The van der Waals surface area contributed by atoms with E-state index in [9.17, 15) is 0 Å². The van der Waals surface area contributed by atoms with Crippen molar-refractivity contribution in [1.29, 1.82) is 0 Å². The number of nitrogens with one attached hydrogen (secondary N) is 1. The zero-order chi connectivity index (χ0) is 17.4. The molecule has 1 aliphatic rings. The van der Waals surface area contributed by atoms with Gasteiger partial charge in [0.05, 0.1) is 55.4 Å². The van der Waals surface area contributed by atoms with Gasteiger partial charge in [-0.25, -0.2) is 4.98 Å². The number of aromatic nitrogens is 7. The van der Waals surface area contributed by atoms with Crippen molar-refractivity contribution in [2.24, 2.45) is 0 Å². The third-order valence-corrected chi connectivity index (χ3v) is 4.65. The minimum absolute atomic E-state index is 0.331. The number of ether oxygens (including phenoxy) is 1. The Kier molecular flexibility index (Phi) is 4.00. The van der Waals surface area contributed by atoms with Crippen LogP contribution in [-0.2, 0) is 0 Å². The summed E-state index contributed by atoms with van der Waals surface area (Å²) in [5, 5.41) is 16.4. The lowest BCUT2D eigenvalue weighted by atomic mass is 9.87. The van der Waals surface area contributed by atoms with Gasteiger partial charge in [0, 0.05) is 0 Å². The first-order valence-electron chi connectivity index (χ1n) is 7.89. The second-order valence-electron chi connectivity index (χ2n) is 5.89. The average molecular weight is 361 g/mol. The fourth-order valence-electron chi connectivity index (χ4n) is 2.95. The molecular formula is C15H17ClN8O. The van der Waals surface area contributed by atoms with Crippen molar-refractivity contribution in [3.8, 4) is 5.88 Å². The summed E-state index contributed by atoms with van der Waals surface area (Å²) in [6, 6.07) is 0.677. The molecule has 0 aliphatic heterocycles. The maximum Gasteiger partial charge on any atom is 0.237 e. The normalized spacial score (nSPS) is 19.5. The molecule has 3 heterocycles. The summed E-state index contributed by atoms with van der Waals surface area (Å²) in [6.45, 7) is 2.02. The number of anilines is 2. The highest BCUT2D eigenvalue weighted by Crippen LogP contribution is 2.41. The molecule has 0 radical (unpaired) electrons. The minimum Gasteiger partial charge on any atom is -0.480 e. The molecule has 0 unspecified atom stereocenters. The molecule has 25 heavy (non-hydrogen) atoms. The van der Waals surface area contributed by atoms with Crippen LogP contribution >= 0.6 is 11.6 Å². The van der Waals surface area contributed by atoms with Crippen LogP contribution in [0.15, 0.2) is 24.8 Å². The van der Waals surface area contributed by atoms with Crippen molar-refractivity contribution in [2.75, 3.05) is 12.4 Å². The molecule has 3 aromatic rings. The maximum atomic E-state index is 5.95. The number of rotatable bonds is 5. The highest BCUT2D eigenvalue weighted by molar-refractivity contribution is 6.31. The first kappa shape index (κ1) is 15.8. The molecule has 0 saturated heterocycles. The highest BCUT2D eigenvalue weighted by Gasteiger charge is 2.34. The molecule has 9 nitrogen and oxygen atoms in total. The van der Waals surface area contributed by atoms with Crippen molar-refractivity contribution in [1.82, 2.24) is 34.7 Å². The van der Waals surface area contributed by atoms with E-state index in [1.54, 1.807) is 23.4 Å². The average Bonchev–Trinajstić information content (AvgIpc) is 3.21. The molecule has 1 aliphatic carbocycles. The lowest BCUT2D eigenvalue weighted by Gasteiger charge is -2.35. The maximum absolute atomic E-state index is 5.95. The predicted octanol–water partition coefficient (Wildman–Crippen LogP) is 2.55. The van der Waals surface area contributed by atoms with Gasteiger partial charge in [0.2, 0.25) is 11.8 Å². The molecule has 0 atom stereocenters. The Morgan fingerprint density at radius 1 is 1.16 bits per heavy atom. The Morgan fingerprint density at radius 3 is 2.64 bits per heavy atom. The van der Waals surface area contributed by atoms with E-state index in [0.717, 1.165) is 24.2 Å². The summed E-state index contributed by atoms with van der Waals surface area (Å²) in [4.78, 5) is 10.2. The van der Waals surface area contributed by atoms with Crippen LogP contribution in [0.4, 0.5) is 11.6 Å². The molecule has 1 saturated carbocycles. The number of halogens is 1. The van der Waals surface area contributed by atoms with Gasteiger partial charge in [-0.05, 0) is 19.8 Å². The van der Waals surface area contributed by atoms with E-state index >= 15 is 0 Å². The zero-order valence-electron chi connectivity index (χ0n) is 13.8. The van der Waals surface area contributed by atoms with Crippen LogP contribution in [0.2, 0.25) is 5.02 Å². The Labute approximate surface area is 149 Å². The van der Waals surface area contributed by atoms with Gasteiger partial charge in [-0.3, -0.25) is 4.68 Å². The third-order valence-electron chi connectivity index (χ3n) is 4.39. The molecule has 4 rings (SSSR count). The second kappa shape index (κ2) is 6.32. The molecular weight excluding hydrogens is 344 g/mol. The molecule has 0 spiro atoms. The van der Waals surface area contributed by atoms with Crippen LogP contribution in [0.1, 0.15) is 30.6 Å². The van der Waals surface area contributed by atoms with Crippen molar-refractivity contribution in [3.63, 3.8) is 0 Å². The van der Waals surface area contributed by atoms with Crippen molar-refractivity contribution in [2.45, 2.75) is 31.8 Å².